The Bertz CT molecular complexity index is 1120. The van der Waals surface area contributed by atoms with Crippen molar-refractivity contribution in [1.29, 1.82) is 0 Å². The summed E-state index contributed by atoms with van der Waals surface area (Å²) in [4.78, 5) is 24.5. The van der Waals surface area contributed by atoms with E-state index in [4.69, 9.17) is 14.9 Å². The van der Waals surface area contributed by atoms with Crippen LogP contribution in [0.5, 0.6) is 0 Å². The average Bonchev–Trinajstić information content (AvgIpc) is 3.20. The maximum absolute atomic E-state index is 12.9. The van der Waals surface area contributed by atoms with E-state index >= 15 is 0 Å². The Balaban J connectivity index is 1.63. The van der Waals surface area contributed by atoms with Crippen molar-refractivity contribution in [3.8, 4) is 0 Å². The Labute approximate surface area is 202 Å². The average molecular weight is 474 g/mol. The molecule has 0 radical (unpaired) electrons. The normalized spacial score (nSPS) is 18.7. The number of rotatable bonds is 7. The SMILES string of the molecule is CC(C)(C)[Si](OC[C@H]1O[C@@H](c2cccc(C(N)=O)c2)CC1=O)(c1ccccc1)c1ccccc1. The second-order valence-electron chi connectivity index (χ2n) is 9.75. The highest BCUT2D eigenvalue weighted by molar-refractivity contribution is 6.99. The first-order valence-electron chi connectivity index (χ1n) is 11.6. The second-order valence-corrected chi connectivity index (χ2v) is 14.1. The zero-order valence-electron chi connectivity index (χ0n) is 19.9. The molecule has 2 N–H and O–H groups in total. The van der Waals surface area contributed by atoms with E-state index in [9.17, 15) is 9.59 Å². The molecule has 1 aliphatic heterocycles. The van der Waals surface area contributed by atoms with Crippen molar-refractivity contribution in [2.24, 2.45) is 5.73 Å². The van der Waals surface area contributed by atoms with Gasteiger partial charge in [-0.1, -0.05) is 93.6 Å². The maximum atomic E-state index is 12.9. The van der Waals surface area contributed by atoms with Gasteiger partial charge in [-0.25, -0.2) is 0 Å². The zero-order chi connectivity index (χ0) is 24.3. The molecular formula is C28H31NO4Si. The molecule has 176 valence electrons. The zero-order valence-corrected chi connectivity index (χ0v) is 20.9. The second kappa shape index (κ2) is 9.66. The van der Waals surface area contributed by atoms with E-state index in [1.165, 1.54) is 0 Å². The molecule has 0 spiro atoms. The van der Waals surface area contributed by atoms with Crippen molar-refractivity contribution in [2.75, 3.05) is 6.61 Å². The van der Waals surface area contributed by atoms with Crippen LogP contribution in [0.4, 0.5) is 0 Å². The lowest BCUT2D eigenvalue weighted by Crippen LogP contribution is -2.67. The molecule has 0 saturated carbocycles. The fourth-order valence-electron chi connectivity index (χ4n) is 4.82. The highest BCUT2D eigenvalue weighted by Gasteiger charge is 2.51. The minimum atomic E-state index is -2.77. The predicted octanol–water partition coefficient (Wildman–Crippen LogP) is 3.76. The number of carbonyl (C=O) groups excluding carboxylic acids is 2. The summed E-state index contributed by atoms with van der Waals surface area (Å²) in [6.07, 6.45) is -0.833. The van der Waals surface area contributed by atoms with Crippen LogP contribution >= 0.6 is 0 Å². The van der Waals surface area contributed by atoms with E-state index in [-0.39, 0.29) is 23.8 Å². The Hall–Kier alpha value is -3.06. The standard InChI is InChI=1S/C28H31NO4Si/c1-28(2,3)34(22-13-6-4-7-14-22,23-15-8-5-9-16-23)32-19-26-24(30)18-25(33-26)20-11-10-12-21(17-20)27(29)31/h4-17,25-26H,18-19H2,1-3H3,(H2,29,31)/t25-,26-/m1/s1. The molecule has 1 saturated heterocycles. The molecule has 0 aliphatic carbocycles. The summed E-state index contributed by atoms with van der Waals surface area (Å²) in [5.74, 6) is -0.495. The molecular weight excluding hydrogens is 442 g/mol. The summed E-state index contributed by atoms with van der Waals surface area (Å²) < 4.78 is 13.1. The Morgan fingerprint density at radius 1 is 0.971 bits per heavy atom. The van der Waals surface area contributed by atoms with Gasteiger partial charge in [0.2, 0.25) is 5.91 Å². The quantitative estimate of drug-likeness (QED) is 0.530. The van der Waals surface area contributed by atoms with Gasteiger partial charge in [-0.3, -0.25) is 9.59 Å². The van der Waals surface area contributed by atoms with Crippen LogP contribution in [0.1, 0.15) is 49.2 Å². The summed E-state index contributed by atoms with van der Waals surface area (Å²) in [5.41, 5.74) is 6.60. The summed E-state index contributed by atoms with van der Waals surface area (Å²) in [6.45, 7) is 6.79. The van der Waals surface area contributed by atoms with Gasteiger partial charge in [0.05, 0.1) is 12.7 Å². The number of hydrogen-bond acceptors (Lipinski definition) is 4. The Kier molecular flexibility index (Phi) is 6.84. The van der Waals surface area contributed by atoms with Crippen LogP contribution in [-0.2, 0) is 14.0 Å². The van der Waals surface area contributed by atoms with Crippen LogP contribution < -0.4 is 16.1 Å². The fraction of sp³-hybridized carbons (Fsp3) is 0.286. The van der Waals surface area contributed by atoms with Crippen LogP contribution in [0.25, 0.3) is 0 Å². The van der Waals surface area contributed by atoms with E-state index in [1.807, 2.05) is 42.5 Å². The van der Waals surface area contributed by atoms with Gasteiger partial charge in [-0.15, -0.1) is 0 Å². The smallest absolute Gasteiger partial charge is 0.261 e. The Morgan fingerprint density at radius 2 is 1.56 bits per heavy atom. The van der Waals surface area contributed by atoms with Crippen LogP contribution in [-0.4, -0.2) is 32.7 Å². The highest BCUT2D eigenvalue weighted by Crippen LogP contribution is 2.38. The molecule has 0 bridgehead atoms. The molecule has 1 amide bonds. The van der Waals surface area contributed by atoms with Crippen LogP contribution in [0.2, 0.25) is 5.04 Å². The molecule has 3 aromatic rings. The minimum Gasteiger partial charge on any atom is -0.404 e. The van der Waals surface area contributed by atoms with Gasteiger partial charge >= 0.3 is 0 Å². The molecule has 3 aromatic carbocycles. The third-order valence-corrected chi connectivity index (χ3v) is 11.5. The molecule has 0 aromatic heterocycles. The molecule has 5 nitrogen and oxygen atoms in total. The van der Waals surface area contributed by atoms with Gasteiger partial charge in [0.1, 0.15) is 6.10 Å². The number of Topliss-reactive ketones (excluding diaryl/α,β-unsaturated/α-hetero) is 1. The van der Waals surface area contributed by atoms with Crippen LogP contribution in [0.3, 0.4) is 0 Å². The molecule has 4 rings (SSSR count). The van der Waals surface area contributed by atoms with Crippen molar-refractivity contribution >= 4 is 30.4 Å². The van der Waals surface area contributed by atoms with Crippen molar-refractivity contribution in [2.45, 2.75) is 44.4 Å². The molecule has 6 heteroatoms. The van der Waals surface area contributed by atoms with Gasteiger partial charge in [-0.05, 0) is 33.1 Å². The summed E-state index contributed by atoms with van der Waals surface area (Å²) in [6, 6.07) is 27.6. The third kappa shape index (κ3) is 4.62. The summed E-state index contributed by atoms with van der Waals surface area (Å²) in [7, 11) is -2.77. The summed E-state index contributed by atoms with van der Waals surface area (Å²) in [5, 5.41) is 2.13. The number of amides is 1. The largest absolute Gasteiger partial charge is 0.404 e. The van der Waals surface area contributed by atoms with Crippen molar-refractivity contribution in [3.05, 3.63) is 96.1 Å². The van der Waals surface area contributed by atoms with E-state index in [2.05, 4.69) is 45.0 Å². The van der Waals surface area contributed by atoms with Crippen LogP contribution in [0.15, 0.2) is 84.9 Å². The van der Waals surface area contributed by atoms with Crippen molar-refractivity contribution in [1.82, 2.24) is 0 Å². The van der Waals surface area contributed by atoms with Crippen molar-refractivity contribution in [3.63, 3.8) is 0 Å². The lowest BCUT2D eigenvalue weighted by Gasteiger charge is -2.43. The topological polar surface area (TPSA) is 78.6 Å². The lowest BCUT2D eigenvalue weighted by atomic mass is 10.0. The molecule has 34 heavy (non-hydrogen) atoms. The first-order valence-corrected chi connectivity index (χ1v) is 13.5. The highest BCUT2D eigenvalue weighted by atomic mass is 28.4. The number of nitrogens with two attached hydrogens (primary N) is 1. The van der Waals surface area contributed by atoms with Crippen LogP contribution in [0, 0.1) is 0 Å². The summed E-state index contributed by atoms with van der Waals surface area (Å²) >= 11 is 0. The van der Waals surface area contributed by atoms with Gasteiger partial charge in [-0.2, -0.15) is 0 Å². The minimum absolute atomic E-state index is 0.00686. The molecule has 1 heterocycles. The predicted molar refractivity (Wildman–Crippen MR) is 136 cm³/mol. The maximum Gasteiger partial charge on any atom is 0.261 e. The van der Waals surface area contributed by atoms with E-state index in [1.54, 1.807) is 18.2 Å². The fourth-order valence-corrected chi connectivity index (χ4v) is 9.38. The number of ether oxygens (including phenoxy) is 1. The van der Waals surface area contributed by atoms with E-state index in [0.29, 0.717) is 5.56 Å². The third-order valence-electron chi connectivity index (χ3n) is 6.49. The lowest BCUT2D eigenvalue weighted by molar-refractivity contribution is -0.124. The van der Waals surface area contributed by atoms with E-state index < -0.39 is 26.4 Å². The Morgan fingerprint density at radius 3 is 2.09 bits per heavy atom. The van der Waals surface area contributed by atoms with Gasteiger partial charge < -0.3 is 14.9 Å². The first kappa shape index (κ1) is 24.1. The number of hydrogen-bond donors (Lipinski definition) is 1. The van der Waals surface area contributed by atoms with Gasteiger partial charge in [0.15, 0.2) is 5.78 Å². The molecule has 1 aliphatic rings. The number of ketones is 1. The molecule has 1 fully saturated rings. The number of benzene rings is 3. The van der Waals surface area contributed by atoms with Gasteiger partial charge in [0.25, 0.3) is 8.32 Å². The number of primary amides is 1. The monoisotopic (exact) mass is 473 g/mol. The van der Waals surface area contributed by atoms with Crippen molar-refractivity contribution < 1.29 is 18.8 Å². The molecule has 0 unspecified atom stereocenters. The number of carbonyl (C=O) groups is 2. The molecule has 2 atom stereocenters. The first-order chi connectivity index (χ1) is 16.2. The van der Waals surface area contributed by atoms with Gasteiger partial charge in [0, 0.05) is 12.0 Å². The van der Waals surface area contributed by atoms with E-state index in [0.717, 1.165) is 15.9 Å².